The van der Waals surface area contributed by atoms with Crippen LogP contribution in [0, 0.1) is 6.92 Å². The maximum Gasteiger partial charge on any atom is 0.183 e. The largest absolute Gasteiger partial charge is 0.254 e. The number of aryl methyl sites for hydroxylation is 1. The van der Waals surface area contributed by atoms with Crippen LogP contribution in [0.2, 0.25) is 0 Å². The van der Waals surface area contributed by atoms with Crippen molar-refractivity contribution in [3.05, 3.63) is 47.2 Å². The van der Waals surface area contributed by atoms with Gasteiger partial charge < -0.3 is 0 Å². The van der Waals surface area contributed by atoms with Crippen LogP contribution in [-0.4, -0.2) is 20.2 Å². The van der Waals surface area contributed by atoms with E-state index >= 15 is 0 Å². The molecule has 2 heterocycles. The molecule has 0 saturated carbocycles. The Kier molecular flexibility index (Phi) is 3.61. The van der Waals surface area contributed by atoms with E-state index < -0.39 is 0 Å². The quantitative estimate of drug-likeness (QED) is 0.746. The number of nitrogens with zero attached hydrogens (tertiary/aromatic N) is 3. The van der Waals surface area contributed by atoms with Gasteiger partial charge in [-0.25, -0.2) is 9.97 Å². The van der Waals surface area contributed by atoms with E-state index in [0.717, 1.165) is 21.6 Å². The maximum atomic E-state index is 4.64. The molecule has 0 bridgehead atoms. The molecule has 3 rings (SSSR count). The first-order chi connectivity index (χ1) is 9.33. The molecule has 4 nitrogen and oxygen atoms in total. The Balaban J connectivity index is 1.78. The summed E-state index contributed by atoms with van der Waals surface area (Å²) in [6.45, 7) is 2.05. The third-order valence-corrected chi connectivity index (χ3v) is 4.94. The monoisotopic (exact) mass is 288 g/mol. The van der Waals surface area contributed by atoms with E-state index in [4.69, 9.17) is 0 Å². The number of hydrogen-bond donors (Lipinski definition) is 1. The van der Waals surface area contributed by atoms with Crippen molar-refractivity contribution in [3.8, 4) is 10.6 Å². The Morgan fingerprint density at radius 3 is 2.84 bits per heavy atom. The highest BCUT2D eigenvalue weighted by molar-refractivity contribution is 7.98. The summed E-state index contributed by atoms with van der Waals surface area (Å²) in [6.07, 6.45) is 1.53. The lowest BCUT2D eigenvalue weighted by Gasteiger charge is -1.95. The summed E-state index contributed by atoms with van der Waals surface area (Å²) >= 11 is 3.38. The minimum Gasteiger partial charge on any atom is -0.254 e. The summed E-state index contributed by atoms with van der Waals surface area (Å²) in [7, 11) is 0. The molecule has 0 aliphatic carbocycles. The molecule has 1 aromatic carbocycles. The standard InChI is InChI=1S/C13H12N4S2/c1-9-11(7-18-13-14-8-15-17-13)19-12(16-9)10-5-3-2-4-6-10/h2-6,8H,7H2,1H3,(H,14,15,17). The SMILES string of the molecule is Cc1nc(-c2ccccc2)sc1CSc1ncn[nH]1. The first kappa shape index (κ1) is 12.4. The van der Waals surface area contributed by atoms with E-state index in [1.165, 1.54) is 16.8 Å². The zero-order valence-electron chi connectivity index (χ0n) is 10.3. The number of nitrogens with one attached hydrogen (secondary N) is 1. The summed E-state index contributed by atoms with van der Waals surface area (Å²) in [5.74, 6) is 0.867. The van der Waals surface area contributed by atoms with Crippen LogP contribution in [0.15, 0.2) is 41.8 Å². The van der Waals surface area contributed by atoms with E-state index in [0.29, 0.717) is 0 Å². The molecule has 0 unspecified atom stereocenters. The van der Waals surface area contributed by atoms with Gasteiger partial charge in [-0.2, -0.15) is 5.10 Å². The summed E-state index contributed by atoms with van der Waals surface area (Å²) in [6, 6.07) is 10.3. The third kappa shape index (κ3) is 2.85. The zero-order valence-corrected chi connectivity index (χ0v) is 12.0. The van der Waals surface area contributed by atoms with E-state index in [9.17, 15) is 0 Å². The zero-order chi connectivity index (χ0) is 13.1. The van der Waals surface area contributed by atoms with Crippen molar-refractivity contribution in [2.24, 2.45) is 0 Å². The lowest BCUT2D eigenvalue weighted by atomic mass is 10.2. The molecular formula is C13H12N4S2. The highest BCUT2D eigenvalue weighted by Gasteiger charge is 2.10. The first-order valence-electron chi connectivity index (χ1n) is 5.83. The van der Waals surface area contributed by atoms with Gasteiger partial charge in [0.2, 0.25) is 0 Å². The number of aromatic amines is 1. The number of thioether (sulfide) groups is 1. The molecule has 19 heavy (non-hydrogen) atoms. The average Bonchev–Trinajstić information content (AvgIpc) is 3.07. The minimum absolute atomic E-state index is 0.842. The van der Waals surface area contributed by atoms with Crippen molar-refractivity contribution in [1.82, 2.24) is 20.2 Å². The molecule has 0 saturated heterocycles. The number of thiazole rings is 1. The van der Waals surface area contributed by atoms with Gasteiger partial charge >= 0.3 is 0 Å². The predicted octanol–water partition coefficient (Wildman–Crippen LogP) is 3.53. The fraction of sp³-hybridized carbons (Fsp3) is 0.154. The van der Waals surface area contributed by atoms with Crippen LogP contribution < -0.4 is 0 Å². The molecule has 0 aliphatic rings. The van der Waals surface area contributed by atoms with Crippen molar-refractivity contribution < 1.29 is 0 Å². The van der Waals surface area contributed by atoms with E-state index in [1.54, 1.807) is 23.1 Å². The minimum atomic E-state index is 0.842. The van der Waals surface area contributed by atoms with Crippen molar-refractivity contribution in [1.29, 1.82) is 0 Å². The lowest BCUT2D eigenvalue weighted by molar-refractivity contribution is 0.973. The molecule has 0 amide bonds. The average molecular weight is 288 g/mol. The number of H-pyrrole nitrogens is 1. The van der Waals surface area contributed by atoms with Crippen molar-refractivity contribution >= 4 is 23.1 Å². The van der Waals surface area contributed by atoms with Gasteiger partial charge in [-0.3, -0.25) is 5.10 Å². The second-order valence-corrected chi connectivity index (χ2v) is 6.02. The van der Waals surface area contributed by atoms with Crippen LogP contribution in [0.25, 0.3) is 10.6 Å². The summed E-state index contributed by atoms with van der Waals surface area (Å²) < 4.78 is 0. The summed E-state index contributed by atoms with van der Waals surface area (Å²) in [5.41, 5.74) is 2.27. The number of rotatable bonds is 4. The molecule has 6 heteroatoms. The molecule has 2 aromatic heterocycles. The molecular weight excluding hydrogens is 276 g/mol. The predicted molar refractivity (Wildman–Crippen MR) is 78.2 cm³/mol. The maximum absolute atomic E-state index is 4.64. The Bertz CT molecular complexity index is 647. The van der Waals surface area contributed by atoms with Crippen LogP contribution in [0.5, 0.6) is 0 Å². The molecule has 3 aromatic rings. The number of benzene rings is 1. The fourth-order valence-electron chi connectivity index (χ4n) is 1.66. The highest BCUT2D eigenvalue weighted by atomic mass is 32.2. The third-order valence-electron chi connectivity index (χ3n) is 2.65. The van der Waals surface area contributed by atoms with Crippen LogP contribution in [-0.2, 0) is 5.75 Å². The first-order valence-corrected chi connectivity index (χ1v) is 7.63. The molecule has 1 N–H and O–H groups in total. The Morgan fingerprint density at radius 2 is 2.11 bits per heavy atom. The second-order valence-electron chi connectivity index (χ2n) is 3.97. The topological polar surface area (TPSA) is 54.5 Å². The lowest BCUT2D eigenvalue weighted by Crippen LogP contribution is -1.82. The molecule has 96 valence electrons. The van der Waals surface area contributed by atoms with Crippen LogP contribution >= 0.6 is 23.1 Å². The second kappa shape index (κ2) is 5.54. The van der Waals surface area contributed by atoms with Crippen LogP contribution in [0.1, 0.15) is 10.6 Å². The molecule has 0 spiro atoms. The Hall–Kier alpha value is -1.66. The molecule has 0 atom stereocenters. The van der Waals surface area contributed by atoms with Gasteiger partial charge in [0.15, 0.2) is 5.16 Å². The van der Waals surface area contributed by atoms with E-state index in [2.05, 4.69) is 39.2 Å². The van der Waals surface area contributed by atoms with Gasteiger partial charge in [-0.1, -0.05) is 42.1 Å². The van der Waals surface area contributed by atoms with Crippen molar-refractivity contribution in [3.63, 3.8) is 0 Å². The molecule has 0 fully saturated rings. The van der Waals surface area contributed by atoms with Gasteiger partial charge in [0.05, 0.1) is 5.69 Å². The van der Waals surface area contributed by atoms with Gasteiger partial charge in [0.1, 0.15) is 11.3 Å². The van der Waals surface area contributed by atoms with Crippen LogP contribution in [0.4, 0.5) is 0 Å². The summed E-state index contributed by atoms with van der Waals surface area (Å²) in [5, 5.41) is 8.61. The van der Waals surface area contributed by atoms with Crippen molar-refractivity contribution in [2.45, 2.75) is 17.8 Å². The van der Waals surface area contributed by atoms with Gasteiger partial charge in [0, 0.05) is 16.2 Å². The van der Waals surface area contributed by atoms with Crippen molar-refractivity contribution in [2.75, 3.05) is 0 Å². The normalized spacial score (nSPS) is 10.8. The Morgan fingerprint density at radius 1 is 1.26 bits per heavy atom. The summed E-state index contributed by atoms with van der Waals surface area (Å²) in [4.78, 5) is 10.0. The highest BCUT2D eigenvalue weighted by Crippen LogP contribution is 2.31. The van der Waals surface area contributed by atoms with Crippen LogP contribution in [0.3, 0.4) is 0 Å². The number of hydrogen-bond acceptors (Lipinski definition) is 5. The number of aromatic nitrogens is 4. The van der Waals surface area contributed by atoms with Gasteiger partial charge in [-0.05, 0) is 6.92 Å². The molecule has 0 radical (unpaired) electrons. The molecule has 0 aliphatic heterocycles. The smallest absolute Gasteiger partial charge is 0.183 e. The van der Waals surface area contributed by atoms with Gasteiger partial charge in [0.25, 0.3) is 0 Å². The van der Waals surface area contributed by atoms with E-state index in [-0.39, 0.29) is 0 Å². The fourth-order valence-corrected chi connectivity index (χ4v) is 3.66. The van der Waals surface area contributed by atoms with Gasteiger partial charge in [-0.15, -0.1) is 11.3 Å². The van der Waals surface area contributed by atoms with E-state index in [1.807, 2.05) is 18.2 Å². The Labute approximate surface area is 119 Å².